The Morgan fingerprint density at radius 1 is 1.24 bits per heavy atom. The molecule has 1 atom stereocenters. The predicted octanol–water partition coefficient (Wildman–Crippen LogP) is 3.45. The molecule has 0 aliphatic rings. The van der Waals surface area contributed by atoms with E-state index in [-0.39, 0.29) is 24.8 Å². The van der Waals surface area contributed by atoms with Crippen LogP contribution in [0, 0.1) is 0 Å². The van der Waals surface area contributed by atoms with Crippen molar-refractivity contribution in [3.8, 4) is 0 Å². The molecular formula is C14H16Cl3N3O. The summed E-state index contributed by atoms with van der Waals surface area (Å²) in [7, 11) is 0. The number of rotatable bonds is 5. The van der Waals surface area contributed by atoms with E-state index in [4.69, 9.17) is 17.3 Å². The molecular weight excluding hydrogens is 333 g/mol. The Hall–Kier alpha value is -1.49. The first-order valence-electron chi connectivity index (χ1n) is 5.83. The number of carbonyl (C=O) groups excluding carboxylic acids is 1. The second-order valence-electron chi connectivity index (χ2n) is 4.07. The zero-order chi connectivity index (χ0) is 13.7. The summed E-state index contributed by atoms with van der Waals surface area (Å²) < 4.78 is 0. The monoisotopic (exact) mass is 347 g/mol. The molecule has 21 heavy (non-hydrogen) atoms. The lowest BCUT2D eigenvalue weighted by atomic mass is 10.2. The third-order valence-electron chi connectivity index (χ3n) is 2.70. The van der Waals surface area contributed by atoms with Gasteiger partial charge in [-0.25, -0.2) is 0 Å². The van der Waals surface area contributed by atoms with E-state index < -0.39 is 5.38 Å². The minimum absolute atomic E-state index is 0. The summed E-state index contributed by atoms with van der Waals surface area (Å²) >= 11 is 6.28. The second kappa shape index (κ2) is 9.45. The summed E-state index contributed by atoms with van der Waals surface area (Å²) in [5, 5.41) is -0.408. The first-order valence-corrected chi connectivity index (χ1v) is 6.27. The van der Waals surface area contributed by atoms with E-state index >= 15 is 0 Å². The van der Waals surface area contributed by atoms with Crippen molar-refractivity contribution in [1.82, 2.24) is 4.98 Å². The van der Waals surface area contributed by atoms with Gasteiger partial charge in [0.05, 0.1) is 11.1 Å². The van der Waals surface area contributed by atoms with Crippen molar-refractivity contribution in [2.24, 2.45) is 0 Å². The number of alkyl halides is 1. The van der Waals surface area contributed by atoms with Crippen LogP contribution in [0.1, 0.15) is 11.1 Å². The van der Waals surface area contributed by atoms with Crippen molar-refractivity contribution in [2.75, 3.05) is 17.2 Å². The first kappa shape index (κ1) is 19.5. The van der Waals surface area contributed by atoms with Crippen molar-refractivity contribution in [2.45, 2.75) is 5.38 Å². The lowest BCUT2D eigenvalue weighted by Crippen LogP contribution is -2.25. The standard InChI is InChI=1S/C14H14ClN3O.2ClH/c15-13(14-8-11(16)6-7-17-14)9-18(10-19)12-4-2-1-3-5-12;;/h1-8,10,13H,9H2,(H2,16,17);2*1H. The fourth-order valence-corrected chi connectivity index (χ4v) is 2.00. The maximum absolute atomic E-state index is 11.2. The third kappa shape index (κ3) is 5.42. The molecule has 1 aromatic heterocycles. The summed E-state index contributed by atoms with van der Waals surface area (Å²) in [6, 6.07) is 12.7. The highest BCUT2D eigenvalue weighted by Crippen LogP contribution is 2.23. The summed E-state index contributed by atoms with van der Waals surface area (Å²) in [5.74, 6) is 0. The first-order chi connectivity index (χ1) is 9.20. The fourth-order valence-electron chi connectivity index (χ4n) is 1.73. The molecule has 0 aliphatic heterocycles. The van der Waals surface area contributed by atoms with E-state index in [0.29, 0.717) is 17.9 Å². The lowest BCUT2D eigenvalue weighted by Gasteiger charge is -2.20. The Kier molecular flexibility index (Phi) is 8.78. The maximum atomic E-state index is 11.2. The summed E-state index contributed by atoms with van der Waals surface area (Å²) in [4.78, 5) is 16.9. The molecule has 1 heterocycles. The van der Waals surface area contributed by atoms with Crippen molar-refractivity contribution >= 4 is 54.2 Å². The van der Waals surface area contributed by atoms with Gasteiger partial charge in [-0.3, -0.25) is 9.78 Å². The molecule has 4 nitrogen and oxygen atoms in total. The number of hydrogen-bond donors (Lipinski definition) is 1. The smallest absolute Gasteiger partial charge is 0.214 e. The molecule has 0 saturated carbocycles. The molecule has 2 rings (SSSR count). The molecule has 7 heteroatoms. The van der Waals surface area contributed by atoms with Crippen LogP contribution in [-0.4, -0.2) is 17.9 Å². The number of aromatic nitrogens is 1. The van der Waals surface area contributed by atoms with Gasteiger partial charge in [-0.1, -0.05) is 18.2 Å². The number of amides is 1. The van der Waals surface area contributed by atoms with Gasteiger partial charge in [0.1, 0.15) is 0 Å². The Bertz CT molecular complexity index is 554. The van der Waals surface area contributed by atoms with Crippen molar-refractivity contribution < 1.29 is 4.79 Å². The molecule has 0 spiro atoms. The third-order valence-corrected chi connectivity index (χ3v) is 3.06. The van der Waals surface area contributed by atoms with Crippen LogP contribution in [-0.2, 0) is 4.79 Å². The normalized spacial score (nSPS) is 10.7. The average molecular weight is 349 g/mol. The fraction of sp³-hybridized carbons (Fsp3) is 0.143. The van der Waals surface area contributed by atoms with Gasteiger partial charge in [-0.2, -0.15) is 0 Å². The van der Waals surface area contributed by atoms with Gasteiger partial charge in [0.15, 0.2) is 0 Å². The van der Waals surface area contributed by atoms with E-state index in [0.717, 1.165) is 12.1 Å². The molecule has 1 unspecified atom stereocenters. The van der Waals surface area contributed by atoms with Crippen LogP contribution >= 0.6 is 36.4 Å². The summed E-state index contributed by atoms with van der Waals surface area (Å²) in [6.45, 7) is 0.339. The van der Waals surface area contributed by atoms with Gasteiger partial charge in [-0.05, 0) is 24.3 Å². The molecule has 2 aromatic rings. The number of nitrogens with two attached hydrogens (primary N) is 1. The number of para-hydroxylation sites is 1. The molecule has 1 amide bonds. The Balaban J connectivity index is 0.00000200. The number of halogens is 3. The van der Waals surface area contributed by atoms with Gasteiger partial charge < -0.3 is 10.6 Å². The minimum atomic E-state index is -0.408. The second-order valence-corrected chi connectivity index (χ2v) is 4.60. The molecule has 1 aromatic carbocycles. The number of pyridine rings is 1. The summed E-state index contributed by atoms with van der Waals surface area (Å²) in [6.07, 6.45) is 2.37. The molecule has 0 saturated heterocycles. The molecule has 114 valence electrons. The SMILES string of the molecule is Cl.Cl.Nc1ccnc(C(Cl)CN(C=O)c2ccccc2)c1. The molecule has 0 radical (unpaired) electrons. The maximum Gasteiger partial charge on any atom is 0.214 e. The number of benzene rings is 1. The van der Waals surface area contributed by atoms with Gasteiger partial charge in [0, 0.05) is 24.1 Å². The van der Waals surface area contributed by atoms with Crippen molar-refractivity contribution in [3.63, 3.8) is 0 Å². The highest BCUT2D eigenvalue weighted by atomic mass is 35.5. The summed E-state index contributed by atoms with van der Waals surface area (Å²) in [5.41, 5.74) is 7.75. The molecule has 0 aliphatic carbocycles. The van der Waals surface area contributed by atoms with Gasteiger partial charge in [-0.15, -0.1) is 36.4 Å². The highest BCUT2D eigenvalue weighted by Gasteiger charge is 2.15. The van der Waals surface area contributed by atoms with Crippen LogP contribution in [0.2, 0.25) is 0 Å². The average Bonchev–Trinajstić information content (AvgIpc) is 2.45. The Labute approximate surface area is 141 Å². The van der Waals surface area contributed by atoms with Crippen LogP contribution in [0.4, 0.5) is 11.4 Å². The number of nitrogen functional groups attached to an aromatic ring is 1. The molecule has 0 fully saturated rings. The molecule has 2 N–H and O–H groups in total. The van der Waals surface area contributed by atoms with Crippen LogP contribution in [0.15, 0.2) is 48.7 Å². The van der Waals surface area contributed by atoms with Gasteiger partial charge in [0.2, 0.25) is 6.41 Å². The lowest BCUT2D eigenvalue weighted by molar-refractivity contribution is -0.107. The number of carbonyl (C=O) groups is 1. The topological polar surface area (TPSA) is 59.2 Å². The van der Waals surface area contributed by atoms with E-state index in [1.807, 2.05) is 30.3 Å². The van der Waals surface area contributed by atoms with Crippen LogP contribution in [0.5, 0.6) is 0 Å². The van der Waals surface area contributed by atoms with Gasteiger partial charge >= 0.3 is 0 Å². The van der Waals surface area contributed by atoms with Crippen LogP contribution in [0.3, 0.4) is 0 Å². The highest BCUT2D eigenvalue weighted by molar-refractivity contribution is 6.21. The van der Waals surface area contributed by atoms with Crippen LogP contribution < -0.4 is 10.6 Å². The quantitative estimate of drug-likeness (QED) is 0.665. The van der Waals surface area contributed by atoms with E-state index in [2.05, 4.69) is 4.98 Å². The Morgan fingerprint density at radius 2 is 1.90 bits per heavy atom. The number of hydrogen-bond acceptors (Lipinski definition) is 3. The van der Waals surface area contributed by atoms with Crippen molar-refractivity contribution in [3.05, 3.63) is 54.4 Å². The molecule has 0 bridgehead atoms. The van der Waals surface area contributed by atoms with E-state index in [1.165, 1.54) is 0 Å². The van der Waals surface area contributed by atoms with Crippen LogP contribution in [0.25, 0.3) is 0 Å². The number of nitrogens with zero attached hydrogens (tertiary/aromatic N) is 2. The van der Waals surface area contributed by atoms with E-state index in [9.17, 15) is 4.79 Å². The zero-order valence-electron chi connectivity index (χ0n) is 11.1. The zero-order valence-corrected chi connectivity index (χ0v) is 13.4. The number of anilines is 2. The van der Waals surface area contributed by atoms with E-state index in [1.54, 1.807) is 23.2 Å². The van der Waals surface area contributed by atoms with Crippen molar-refractivity contribution in [1.29, 1.82) is 0 Å². The largest absolute Gasteiger partial charge is 0.399 e. The predicted molar refractivity (Wildman–Crippen MR) is 91.6 cm³/mol. The van der Waals surface area contributed by atoms with Gasteiger partial charge in [0.25, 0.3) is 0 Å². The Morgan fingerprint density at radius 3 is 2.48 bits per heavy atom. The minimum Gasteiger partial charge on any atom is -0.399 e.